The monoisotopic (exact) mass is 360 g/mol. The van der Waals surface area contributed by atoms with Crippen LogP contribution >= 0.6 is 0 Å². The number of carbonyl (C=O) groups is 1. The largest absolute Gasteiger partial charge is 0.461 e. The fraction of sp³-hybridized carbons (Fsp3) is 0.208. The van der Waals surface area contributed by atoms with E-state index in [2.05, 4.69) is 31.2 Å². The Kier molecular flexibility index (Phi) is 6.05. The summed E-state index contributed by atoms with van der Waals surface area (Å²) in [6.45, 7) is 6.43. The molecule has 27 heavy (non-hydrogen) atoms. The van der Waals surface area contributed by atoms with E-state index >= 15 is 0 Å². The highest BCUT2D eigenvalue weighted by molar-refractivity contribution is 5.96. The van der Waals surface area contributed by atoms with Gasteiger partial charge in [0.2, 0.25) is 0 Å². The molecule has 2 aromatic carbocycles. The lowest BCUT2D eigenvalue weighted by molar-refractivity contribution is 0.101. The van der Waals surface area contributed by atoms with Crippen molar-refractivity contribution in [3.63, 3.8) is 0 Å². The molecule has 0 aliphatic carbocycles. The summed E-state index contributed by atoms with van der Waals surface area (Å²) in [5.41, 5.74) is 4.91. The van der Waals surface area contributed by atoms with Crippen LogP contribution in [0.5, 0.6) is 0 Å². The lowest BCUT2D eigenvalue weighted by Gasteiger charge is -2.07. The van der Waals surface area contributed by atoms with Gasteiger partial charge in [0, 0.05) is 5.57 Å². The molecule has 0 aliphatic rings. The molecule has 3 nitrogen and oxygen atoms in total. The zero-order valence-electron chi connectivity index (χ0n) is 16.0. The number of carbonyl (C=O) groups excluding carboxylic acids is 1. The van der Waals surface area contributed by atoms with E-state index in [0.717, 1.165) is 16.7 Å². The van der Waals surface area contributed by atoms with Crippen LogP contribution in [0.25, 0.3) is 5.57 Å². The van der Waals surface area contributed by atoms with Crippen molar-refractivity contribution in [2.45, 2.75) is 27.4 Å². The number of ketones is 1. The highest BCUT2D eigenvalue weighted by Gasteiger charge is 2.15. The predicted octanol–water partition coefficient (Wildman–Crippen LogP) is 5.75. The molecule has 138 valence electrons. The number of Topliss-reactive ketones (excluding diaryl/α,β-unsaturated/α-hetero) is 1. The van der Waals surface area contributed by atoms with Crippen molar-refractivity contribution in [1.29, 1.82) is 0 Å². The van der Waals surface area contributed by atoms with Gasteiger partial charge in [0.15, 0.2) is 5.78 Å². The molecule has 3 heteroatoms. The van der Waals surface area contributed by atoms with Gasteiger partial charge in [-0.2, -0.15) is 0 Å². The van der Waals surface area contributed by atoms with Crippen LogP contribution in [0, 0.1) is 13.8 Å². The molecule has 0 aliphatic heterocycles. The van der Waals surface area contributed by atoms with Crippen LogP contribution in [0.2, 0.25) is 0 Å². The third-order valence-corrected chi connectivity index (χ3v) is 4.44. The van der Waals surface area contributed by atoms with Crippen molar-refractivity contribution in [3.05, 3.63) is 101 Å². The second kappa shape index (κ2) is 8.65. The van der Waals surface area contributed by atoms with E-state index in [-0.39, 0.29) is 5.78 Å². The summed E-state index contributed by atoms with van der Waals surface area (Å²) in [6, 6.07) is 20.1. The summed E-state index contributed by atoms with van der Waals surface area (Å²) in [6.07, 6.45) is 2.01. The number of furan rings is 1. The van der Waals surface area contributed by atoms with E-state index in [1.807, 2.05) is 49.4 Å². The molecule has 0 saturated carbocycles. The minimum absolute atomic E-state index is 0.00563. The van der Waals surface area contributed by atoms with E-state index in [9.17, 15) is 4.79 Å². The third kappa shape index (κ3) is 4.83. The number of hydrogen-bond acceptors (Lipinski definition) is 3. The summed E-state index contributed by atoms with van der Waals surface area (Å²) in [4.78, 5) is 11.8. The molecule has 0 unspecified atom stereocenters. The Morgan fingerprint density at radius 2 is 1.74 bits per heavy atom. The van der Waals surface area contributed by atoms with Crippen molar-refractivity contribution in [2.75, 3.05) is 6.61 Å². The molecule has 0 radical (unpaired) electrons. The molecule has 0 saturated heterocycles. The molecule has 0 atom stereocenters. The Bertz CT molecular complexity index is 932. The molecule has 1 heterocycles. The van der Waals surface area contributed by atoms with E-state index in [0.29, 0.717) is 30.3 Å². The molecular formula is C24H24O3. The summed E-state index contributed by atoms with van der Waals surface area (Å²) in [5, 5.41) is 0. The van der Waals surface area contributed by atoms with Crippen LogP contribution in [0.15, 0.2) is 71.2 Å². The second-order valence-corrected chi connectivity index (χ2v) is 6.62. The first-order valence-corrected chi connectivity index (χ1v) is 9.05. The summed E-state index contributed by atoms with van der Waals surface area (Å²) in [7, 11) is 0. The first kappa shape index (κ1) is 18.9. The standard InChI is InChI=1S/C24H24O3/c1-17-9-11-21(12-10-17)22(24-15-23(18(2)25)19(3)27-24)13-14-26-16-20-7-5-4-6-8-20/h4-13,15H,14,16H2,1-3H3/b22-13+. The van der Waals surface area contributed by atoms with Gasteiger partial charge in [0.1, 0.15) is 11.5 Å². The second-order valence-electron chi connectivity index (χ2n) is 6.62. The first-order chi connectivity index (χ1) is 13.0. The Balaban J connectivity index is 1.84. The van der Waals surface area contributed by atoms with Gasteiger partial charge in [-0.1, -0.05) is 60.2 Å². The van der Waals surface area contributed by atoms with Crippen LogP contribution < -0.4 is 0 Å². The summed E-state index contributed by atoms with van der Waals surface area (Å²) < 4.78 is 11.7. The SMILES string of the molecule is CC(=O)c1cc(/C(=C/COCc2ccccc2)c2ccc(C)cc2)oc1C. The van der Waals surface area contributed by atoms with Gasteiger partial charge in [-0.05, 0) is 44.0 Å². The highest BCUT2D eigenvalue weighted by atomic mass is 16.5. The van der Waals surface area contributed by atoms with Crippen LogP contribution in [-0.4, -0.2) is 12.4 Å². The zero-order valence-corrected chi connectivity index (χ0v) is 16.0. The molecule has 0 bridgehead atoms. The number of aryl methyl sites for hydroxylation is 2. The number of hydrogen-bond donors (Lipinski definition) is 0. The van der Waals surface area contributed by atoms with Crippen molar-refractivity contribution in [3.8, 4) is 0 Å². The van der Waals surface area contributed by atoms with Gasteiger partial charge in [0.05, 0.1) is 18.8 Å². The molecule has 1 aromatic heterocycles. The fourth-order valence-corrected chi connectivity index (χ4v) is 2.95. The predicted molar refractivity (Wildman–Crippen MR) is 108 cm³/mol. The minimum atomic E-state index is 0.00563. The topological polar surface area (TPSA) is 39.4 Å². The minimum Gasteiger partial charge on any atom is -0.461 e. The molecular weight excluding hydrogens is 336 g/mol. The number of benzene rings is 2. The van der Waals surface area contributed by atoms with Gasteiger partial charge in [-0.15, -0.1) is 0 Å². The first-order valence-electron chi connectivity index (χ1n) is 9.05. The van der Waals surface area contributed by atoms with Crippen LogP contribution in [-0.2, 0) is 11.3 Å². The summed E-state index contributed by atoms with van der Waals surface area (Å²) in [5.74, 6) is 1.33. The smallest absolute Gasteiger partial charge is 0.163 e. The Labute approximate surface area is 160 Å². The van der Waals surface area contributed by atoms with Crippen molar-refractivity contribution in [2.24, 2.45) is 0 Å². The Morgan fingerprint density at radius 3 is 2.37 bits per heavy atom. The number of rotatable bonds is 7. The molecule has 0 amide bonds. The highest BCUT2D eigenvalue weighted by Crippen LogP contribution is 2.28. The quantitative estimate of drug-likeness (QED) is 0.398. The van der Waals surface area contributed by atoms with Gasteiger partial charge in [-0.3, -0.25) is 4.79 Å². The molecule has 0 fully saturated rings. The normalized spacial score (nSPS) is 11.6. The molecule has 0 spiro atoms. The Hall–Kier alpha value is -2.91. The van der Waals surface area contributed by atoms with Gasteiger partial charge in [-0.25, -0.2) is 0 Å². The average Bonchev–Trinajstić information content (AvgIpc) is 3.05. The van der Waals surface area contributed by atoms with E-state index in [1.54, 1.807) is 6.92 Å². The van der Waals surface area contributed by atoms with E-state index in [4.69, 9.17) is 9.15 Å². The van der Waals surface area contributed by atoms with Crippen LogP contribution in [0.3, 0.4) is 0 Å². The van der Waals surface area contributed by atoms with Gasteiger partial charge in [0.25, 0.3) is 0 Å². The molecule has 0 N–H and O–H groups in total. The lowest BCUT2D eigenvalue weighted by atomic mass is 10.0. The van der Waals surface area contributed by atoms with Gasteiger partial charge >= 0.3 is 0 Å². The van der Waals surface area contributed by atoms with E-state index in [1.165, 1.54) is 5.56 Å². The maximum absolute atomic E-state index is 11.8. The maximum Gasteiger partial charge on any atom is 0.163 e. The summed E-state index contributed by atoms with van der Waals surface area (Å²) >= 11 is 0. The number of ether oxygens (including phenoxy) is 1. The Morgan fingerprint density at radius 1 is 1.04 bits per heavy atom. The van der Waals surface area contributed by atoms with Crippen molar-refractivity contribution >= 4 is 11.4 Å². The van der Waals surface area contributed by atoms with Crippen LogP contribution in [0.4, 0.5) is 0 Å². The van der Waals surface area contributed by atoms with Crippen molar-refractivity contribution in [1.82, 2.24) is 0 Å². The molecule has 3 aromatic rings. The van der Waals surface area contributed by atoms with Crippen LogP contribution in [0.1, 0.15) is 45.5 Å². The van der Waals surface area contributed by atoms with Crippen molar-refractivity contribution < 1.29 is 13.9 Å². The van der Waals surface area contributed by atoms with E-state index < -0.39 is 0 Å². The average molecular weight is 360 g/mol. The third-order valence-electron chi connectivity index (χ3n) is 4.44. The molecule has 3 rings (SSSR count). The van der Waals surface area contributed by atoms with Gasteiger partial charge < -0.3 is 9.15 Å². The lowest BCUT2D eigenvalue weighted by Crippen LogP contribution is -1.95. The zero-order chi connectivity index (χ0) is 19.2. The fourth-order valence-electron chi connectivity index (χ4n) is 2.95. The maximum atomic E-state index is 11.8.